The summed E-state index contributed by atoms with van der Waals surface area (Å²) in [6.45, 7) is 5.83. The predicted molar refractivity (Wildman–Crippen MR) is 90.5 cm³/mol. The van der Waals surface area contributed by atoms with E-state index in [2.05, 4.69) is 36.3 Å². The fourth-order valence-corrected chi connectivity index (χ4v) is 2.52. The fourth-order valence-electron chi connectivity index (χ4n) is 1.83. The van der Waals surface area contributed by atoms with Gasteiger partial charge >= 0.3 is 6.03 Å². The normalized spacial score (nSPS) is 13.1. The number of rotatable bonds is 7. The maximum atomic E-state index is 12.2. The highest BCUT2D eigenvalue weighted by Crippen LogP contribution is 2.17. The van der Waals surface area contributed by atoms with Gasteiger partial charge in [-0.3, -0.25) is 9.89 Å². The number of carbonyl (C=O) groups is 2. The van der Waals surface area contributed by atoms with Gasteiger partial charge in [0, 0.05) is 12.2 Å². The molecule has 24 heavy (non-hydrogen) atoms. The Bertz CT molecular complexity index is 670. The molecular formula is C14H21N7O2S. The van der Waals surface area contributed by atoms with E-state index < -0.39 is 5.92 Å². The summed E-state index contributed by atoms with van der Waals surface area (Å²) in [5.74, 6) is -0.632. The van der Waals surface area contributed by atoms with Crippen LogP contribution < -0.4 is 16.0 Å². The molecule has 2 aromatic rings. The molecule has 2 atom stereocenters. The summed E-state index contributed by atoms with van der Waals surface area (Å²) in [4.78, 5) is 24.1. The molecule has 2 aromatic heterocycles. The number of nitrogens with zero attached hydrogens (tertiary/aromatic N) is 3. The number of anilines is 1. The van der Waals surface area contributed by atoms with Crippen molar-refractivity contribution < 1.29 is 9.59 Å². The first-order valence-electron chi connectivity index (χ1n) is 7.65. The van der Waals surface area contributed by atoms with Crippen molar-refractivity contribution in [3.63, 3.8) is 0 Å². The zero-order chi connectivity index (χ0) is 17.5. The number of aromatic amines is 1. The second kappa shape index (κ2) is 8.39. The summed E-state index contributed by atoms with van der Waals surface area (Å²) in [7, 11) is 0. The molecule has 0 bridgehead atoms. The number of aromatic nitrogens is 4. The molecule has 0 saturated heterocycles. The number of aryl methyl sites for hydroxylation is 1. The van der Waals surface area contributed by atoms with Gasteiger partial charge in [-0.2, -0.15) is 5.10 Å². The maximum Gasteiger partial charge on any atom is 0.315 e. The van der Waals surface area contributed by atoms with Crippen LogP contribution in [-0.2, 0) is 17.8 Å². The summed E-state index contributed by atoms with van der Waals surface area (Å²) in [5, 5.41) is 23.9. The number of nitrogens with one attached hydrogen (secondary N) is 4. The second-order valence-corrected chi connectivity index (χ2v) is 6.39. The van der Waals surface area contributed by atoms with E-state index in [9.17, 15) is 9.59 Å². The first kappa shape index (κ1) is 17.9. The molecule has 130 valence electrons. The van der Waals surface area contributed by atoms with Crippen LogP contribution in [0.3, 0.4) is 0 Å². The van der Waals surface area contributed by atoms with E-state index in [-0.39, 0.29) is 18.0 Å². The van der Waals surface area contributed by atoms with Gasteiger partial charge in [0.25, 0.3) is 0 Å². The molecule has 3 amide bonds. The molecule has 0 aliphatic heterocycles. The number of hydrogen-bond acceptors (Lipinski definition) is 6. The molecule has 0 saturated carbocycles. The topological polar surface area (TPSA) is 125 Å². The first-order chi connectivity index (χ1) is 11.5. The lowest BCUT2D eigenvalue weighted by Crippen LogP contribution is -2.46. The molecular weight excluding hydrogens is 330 g/mol. The van der Waals surface area contributed by atoms with E-state index in [1.54, 1.807) is 26.1 Å². The minimum Gasteiger partial charge on any atom is -0.335 e. The van der Waals surface area contributed by atoms with E-state index >= 15 is 0 Å². The number of hydrogen-bond donors (Lipinski definition) is 4. The average Bonchev–Trinajstić information content (AvgIpc) is 3.23. The molecule has 4 N–H and O–H groups in total. The van der Waals surface area contributed by atoms with Crippen molar-refractivity contribution in [3.8, 4) is 0 Å². The van der Waals surface area contributed by atoms with Gasteiger partial charge < -0.3 is 16.0 Å². The zero-order valence-electron chi connectivity index (χ0n) is 13.8. The maximum absolute atomic E-state index is 12.2. The Morgan fingerprint density at radius 3 is 2.75 bits per heavy atom. The van der Waals surface area contributed by atoms with Gasteiger partial charge in [-0.1, -0.05) is 25.2 Å². The highest BCUT2D eigenvalue weighted by Gasteiger charge is 2.22. The van der Waals surface area contributed by atoms with Crippen molar-refractivity contribution >= 4 is 28.4 Å². The van der Waals surface area contributed by atoms with Crippen LogP contribution in [0.1, 0.15) is 31.5 Å². The number of H-pyrrole nitrogens is 1. The van der Waals surface area contributed by atoms with Crippen LogP contribution in [0.2, 0.25) is 0 Å². The average molecular weight is 351 g/mol. The van der Waals surface area contributed by atoms with Crippen LogP contribution in [0, 0.1) is 5.92 Å². The zero-order valence-corrected chi connectivity index (χ0v) is 14.6. The van der Waals surface area contributed by atoms with Gasteiger partial charge in [-0.05, 0) is 19.4 Å². The SMILES string of the molecule is CCc1nnc(NC(=O)C(C)C(C)NC(=O)NCc2ccn[nH]2)s1. The molecule has 0 fully saturated rings. The molecule has 9 nitrogen and oxygen atoms in total. The van der Waals surface area contributed by atoms with Gasteiger partial charge in [0.2, 0.25) is 11.0 Å². The van der Waals surface area contributed by atoms with Gasteiger partial charge in [0.15, 0.2) is 0 Å². The second-order valence-electron chi connectivity index (χ2n) is 5.33. The fraction of sp³-hybridized carbons (Fsp3) is 0.500. The monoisotopic (exact) mass is 351 g/mol. The Balaban J connectivity index is 1.78. The lowest BCUT2D eigenvalue weighted by molar-refractivity contribution is -0.120. The van der Waals surface area contributed by atoms with Crippen LogP contribution >= 0.6 is 11.3 Å². The third-order valence-electron chi connectivity index (χ3n) is 3.52. The molecule has 0 aromatic carbocycles. The van der Waals surface area contributed by atoms with E-state index in [4.69, 9.17) is 0 Å². The predicted octanol–water partition coefficient (Wildman–Crippen LogP) is 1.29. The van der Waals surface area contributed by atoms with Crippen LogP contribution in [0.15, 0.2) is 12.3 Å². The minimum atomic E-state index is -0.420. The molecule has 0 radical (unpaired) electrons. The smallest absolute Gasteiger partial charge is 0.315 e. The van der Waals surface area contributed by atoms with Crippen molar-refractivity contribution in [2.45, 2.75) is 39.8 Å². The van der Waals surface area contributed by atoms with Crippen molar-refractivity contribution in [1.29, 1.82) is 0 Å². The Morgan fingerprint density at radius 1 is 1.33 bits per heavy atom. The van der Waals surface area contributed by atoms with Crippen LogP contribution in [0.4, 0.5) is 9.93 Å². The van der Waals surface area contributed by atoms with Gasteiger partial charge in [0.1, 0.15) is 5.01 Å². The van der Waals surface area contributed by atoms with E-state index in [1.807, 2.05) is 6.92 Å². The Kier molecular flexibility index (Phi) is 6.24. The Hall–Kier alpha value is -2.49. The molecule has 2 unspecified atom stereocenters. The van der Waals surface area contributed by atoms with Crippen molar-refractivity contribution in [2.75, 3.05) is 5.32 Å². The lowest BCUT2D eigenvalue weighted by atomic mass is 10.0. The number of carbonyl (C=O) groups excluding carboxylic acids is 2. The van der Waals surface area contributed by atoms with Crippen LogP contribution in [0.5, 0.6) is 0 Å². The Morgan fingerprint density at radius 2 is 2.12 bits per heavy atom. The van der Waals surface area contributed by atoms with E-state index in [0.717, 1.165) is 17.1 Å². The minimum absolute atomic E-state index is 0.213. The highest BCUT2D eigenvalue weighted by molar-refractivity contribution is 7.15. The van der Waals surface area contributed by atoms with Gasteiger partial charge in [-0.25, -0.2) is 4.79 Å². The van der Waals surface area contributed by atoms with Crippen LogP contribution in [0.25, 0.3) is 0 Å². The first-order valence-corrected chi connectivity index (χ1v) is 8.47. The van der Waals surface area contributed by atoms with E-state index in [0.29, 0.717) is 11.7 Å². The van der Waals surface area contributed by atoms with Crippen LogP contribution in [-0.4, -0.2) is 38.4 Å². The summed E-state index contributed by atoms with van der Waals surface area (Å²) in [6.07, 6.45) is 2.39. The molecule has 0 spiro atoms. The number of urea groups is 1. The van der Waals surface area contributed by atoms with E-state index in [1.165, 1.54) is 11.3 Å². The summed E-state index contributed by atoms with van der Waals surface area (Å²) >= 11 is 1.35. The summed E-state index contributed by atoms with van der Waals surface area (Å²) < 4.78 is 0. The largest absolute Gasteiger partial charge is 0.335 e. The molecule has 10 heteroatoms. The van der Waals surface area contributed by atoms with Gasteiger partial charge in [0.05, 0.1) is 18.2 Å². The quantitative estimate of drug-likeness (QED) is 0.598. The lowest BCUT2D eigenvalue weighted by Gasteiger charge is -2.20. The molecule has 2 heterocycles. The van der Waals surface area contributed by atoms with Crippen molar-refractivity contribution in [2.24, 2.45) is 5.92 Å². The van der Waals surface area contributed by atoms with Crippen molar-refractivity contribution in [3.05, 3.63) is 23.0 Å². The molecule has 0 aliphatic rings. The van der Waals surface area contributed by atoms with Gasteiger partial charge in [-0.15, -0.1) is 10.2 Å². The third-order valence-corrected chi connectivity index (χ3v) is 4.50. The summed E-state index contributed by atoms with van der Waals surface area (Å²) in [6, 6.07) is 1.08. The highest BCUT2D eigenvalue weighted by atomic mass is 32.1. The molecule has 0 aliphatic carbocycles. The number of amides is 3. The summed E-state index contributed by atoms with van der Waals surface area (Å²) in [5.41, 5.74) is 0.798. The van der Waals surface area contributed by atoms with Crippen molar-refractivity contribution in [1.82, 2.24) is 31.0 Å². The standard InChI is InChI=1S/C14H21N7O2S/c1-4-11-20-21-14(24-11)18-12(22)8(2)9(3)17-13(23)15-7-10-5-6-16-19-10/h5-6,8-9H,4,7H2,1-3H3,(H,16,19)(H2,15,17,23)(H,18,21,22). The molecule has 2 rings (SSSR count). The Labute approximate surface area is 143 Å². The third kappa shape index (κ3) is 5.01.